The molecule has 0 saturated heterocycles. The highest BCUT2D eigenvalue weighted by molar-refractivity contribution is 7.84. The number of nitrogens with one attached hydrogen (secondary N) is 1. The summed E-state index contributed by atoms with van der Waals surface area (Å²) in [6.07, 6.45) is 1.01. The van der Waals surface area contributed by atoms with Crippen LogP contribution in [0.4, 0.5) is 0 Å². The van der Waals surface area contributed by atoms with Crippen molar-refractivity contribution >= 4 is 10.8 Å². The van der Waals surface area contributed by atoms with Crippen molar-refractivity contribution in [3.05, 3.63) is 29.8 Å². The molecule has 0 fully saturated rings. The average molecular weight is 296 g/mol. The number of benzene rings is 1. The summed E-state index contributed by atoms with van der Waals surface area (Å²) in [5.41, 5.74) is 0.523. The molecule has 0 bridgehead atoms. The molecule has 0 saturated carbocycles. The molecule has 0 aliphatic rings. The average Bonchev–Trinajstić information content (AvgIpc) is 2.45. The van der Waals surface area contributed by atoms with E-state index in [1.807, 2.05) is 13.0 Å². The molecule has 1 aromatic rings. The van der Waals surface area contributed by atoms with E-state index in [2.05, 4.69) is 5.32 Å². The lowest BCUT2D eigenvalue weighted by Gasteiger charge is -2.15. The van der Waals surface area contributed by atoms with Crippen molar-refractivity contribution in [1.82, 2.24) is 5.32 Å². The fourth-order valence-electron chi connectivity index (χ4n) is 1.48. The van der Waals surface area contributed by atoms with E-state index in [0.717, 1.165) is 0 Å². The fraction of sp³-hybridized carbons (Fsp3) is 0.500. The Morgan fingerprint density at radius 1 is 1.50 bits per heavy atom. The fourth-order valence-corrected chi connectivity index (χ4v) is 1.83. The van der Waals surface area contributed by atoms with Crippen LogP contribution in [-0.4, -0.2) is 46.6 Å². The minimum absolute atomic E-state index is 0.0513. The van der Waals surface area contributed by atoms with Crippen molar-refractivity contribution in [3.8, 4) is 11.8 Å². The Kier molecular flexibility index (Phi) is 7.23. The molecule has 6 heteroatoms. The van der Waals surface area contributed by atoms with Gasteiger partial charge in [-0.25, -0.2) is 0 Å². The Morgan fingerprint density at radius 2 is 2.25 bits per heavy atom. The molecule has 0 heterocycles. The van der Waals surface area contributed by atoms with E-state index in [1.165, 1.54) is 0 Å². The number of nitrogens with zero attached hydrogens (tertiary/aromatic N) is 1. The molecule has 0 aliphatic heterocycles. The van der Waals surface area contributed by atoms with Gasteiger partial charge in [0.15, 0.2) is 0 Å². The van der Waals surface area contributed by atoms with Gasteiger partial charge in [0.2, 0.25) is 0 Å². The van der Waals surface area contributed by atoms with E-state index in [9.17, 15) is 9.32 Å². The van der Waals surface area contributed by atoms with Crippen LogP contribution in [0.5, 0.6) is 5.75 Å². The maximum atomic E-state index is 11.1. The Hall–Kier alpha value is -1.42. The van der Waals surface area contributed by atoms with Crippen molar-refractivity contribution in [1.29, 1.82) is 5.26 Å². The third kappa shape index (κ3) is 6.15. The van der Waals surface area contributed by atoms with Gasteiger partial charge in [-0.3, -0.25) is 4.21 Å². The SMILES string of the molecule is CC(CNCC(O)COc1cccc(C#N)c1)S(C)=O. The molecule has 0 aromatic heterocycles. The zero-order valence-corrected chi connectivity index (χ0v) is 12.5. The highest BCUT2D eigenvalue weighted by Gasteiger charge is 2.09. The van der Waals surface area contributed by atoms with Gasteiger partial charge in [-0.05, 0) is 25.1 Å². The number of hydrogen-bond donors (Lipinski definition) is 2. The molecule has 0 spiro atoms. The van der Waals surface area contributed by atoms with Crippen LogP contribution in [-0.2, 0) is 10.8 Å². The lowest BCUT2D eigenvalue weighted by molar-refractivity contribution is 0.106. The molecule has 110 valence electrons. The molecule has 0 radical (unpaired) electrons. The van der Waals surface area contributed by atoms with Crippen LogP contribution in [0.15, 0.2) is 24.3 Å². The first-order valence-electron chi connectivity index (χ1n) is 6.37. The Morgan fingerprint density at radius 3 is 2.90 bits per heavy atom. The minimum Gasteiger partial charge on any atom is -0.491 e. The first-order chi connectivity index (χ1) is 9.52. The topological polar surface area (TPSA) is 82.3 Å². The van der Waals surface area contributed by atoms with E-state index in [0.29, 0.717) is 24.4 Å². The van der Waals surface area contributed by atoms with E-state index >= 15 is 0 Å². The maximum absolute atomic E-state index is 11.1. The minimum atomic E-state index is -0.868. The molecule has 5 nitrogen and oxygen atoms in total. The van der Waals surface area contributed by atoms with Crippen molar-refractivity contribution in [2.24, 2.45) is 0 Å². The van der Waals surface area contributed by atoms with Gasteiger partial charge in [0, 0.05) is 35.4 Å². The highest BCUT2D eigenvalue weighted by atomic mass is 32.2. The predicted molar refractivity (Wildman–Crippen MR) is 79.1 cm³/mol. The van der Waals surface area contributed by atoms with Gasteiger partial charge in [-0.2, -0.15) is 5.26 Å². The number of rotatable bonds is 8. The van der Waals surface area contributed by atoms with Crippen molar-refractivity contribution in [3.63, 3.8) is 0 Å². The molecular formula is C14H20N2O3S. The number of ether oxygens (including phenoxy) is 1. The monoisotopic (exact) mass is 296 g/mol. The lowest BCUT2D eigenvalue weighted by Crippen LogP contribution is -2.36. The molecule has 1 aromatic carbocycles. The zero-order chi connectivity index (χ0) is 15.0. The smallest absolute Gasteiger partial charge is 0.120 e. The third-order valence-electron chi connectivity index (χ3n) is 2.78. The summed E-state index contributed by atoms with van der Waals surface area (Å²) < 4.78 is 16.6. The molecule has 0 amide bonds. The molecule has 0 aliphatic carbocycles. The Bertz CT molecular complexity index is 488. The van der Waals surface area contributed by atoms with Gasteiger partial charge in [-0.1, -0.05) is 6.07 Å². The molecule has 3 atom stereocenters. The van der Waals surface area contributed by atoms with Gasteiger partial charge in [-0.15, -0.1) is 0 Å². The van der Waals surface area contributed by atoms with Crippen LogP contribution in [0.3, 0.4) is 0 Å². The van der Waals surface area contributed by atoms with Crippen molar-refractivity contribution < 1.29 is 14.1 Å². The van der Waals surface area contributed by atoms with Crippen LogP contribution in [0.1, 0.15) is 12.5 Å². The van der Waals surface area contributed by atoms with Crippen LogP contribution < -0.4 is 10.1 Å². The predicted octanol–water partition coefficient (Wildman–Crippen LogP) is 0.655. The Balaban J connectivity index is 2.27. The van der Waals surface area contributed by atoms with Crippen molar-refractivity contribution in [2.45, 2.75) is 18.3 Å². The number of hydrogen-bond acceptors (Lipinski definition) is 5. The lowest BCUT2D eigenvalue weighted by atomic mass is 10.2. The van der Waals surface area contributed by atoms with Crippen LogP contribution in [0.2, 0.25) is 0 Å². The zero-order valence-electron chi connectivity index (χ0n) is 11.7. The molecule has 1 rings (SSSR count). The van der Waals surface area contributed by atoms with Gasteiger partial charge >= 0.3 is 0 Å². The van der Waals surface area contributed by atoms with Gasteiger partial charge < -0.3 is 15.2 Å². The number of aliphatic hydroxyl groups excluding tert-OH is 1. The number of aliphatic hydroxyl groups is 1. The first kappa shape index (κ1) is 16.6. The summed E-state index contributed by atoms with van der Waals surface area (Å²) >= 11 is 0. The van der Waals surface area contributed by atoms with Gasteiger partial charge in [0.05, 0.1) is 11.6 Å². The first-order valence-corrected chi connectivity index (χ1v) is 7.99. The highest BCUT2D eigenvalue weighted by Crippen LogP contribution is 2.12. The van der Waals surface area contributed by atoms with Crippen LogP contribution in [0, 0.1) is 11.3 Å². The summed E-state index contributed by atoms with van der Waals surface area (Å²) in [7, 11) is -0.868. The summed E-state index contributed by atoms with van der Waals surface area (Å²) in [4.78, 5) is 0. The normalized spacial score (nSPS) is 15.1. The van der Waals surface area contributed by atoms with E-state index in [-0.39, 0.29) is 11.9 Å². The standard InChI is InChI=1S/C14H20N2O3S/c1-11(20(2)18)8-16-9-13(17)10-19-14-5-3-4-12(6-14)7-15/h3-6,11,13,16-17H,8-10H2,1-2H3. The van der Waals surface area contributed by atoms with Gasteiger partial charge in [0.25, 0.3) is 0 Å². The second-order valence-electron chi connectivity index (χ2n) is 4.57. The summed E-state index contributed by atoms with van der Waals surface area (Å²) in [5, 5.41) is 21.6. The van der Waals surface area contributed by atoms with Crippen LogP contribution >= 0.6 is 0 Å². The molecule has 2 N–H and O–H groups in total. The Labute approximate surface area is 122 Å². The third-order valence-corrected chi connectivity index (χ3v) is 4.08. The molecule has 20 heavy (non-hydrogen) atoms. The second-order valence-corrected chi connectivity index (χ2v) is 6.37. The van der Waals surface area contributed by atoms with Crippen molar-refractivity contribution in [2.75, 3.05) is 26.0 Å². The summed E-state index contributed by atoms with van der Waals surface area (Å²) in [6.45, 7) is 2.99. The van der Waals surface area contributed by atoms with E-state index in [4.69, 9.17) is 10.00 Å². The van der Waals surface area contributed by atoms with E-state index in [1.54, 1.807) is 30.5 Å². The second kappa shape index (κ2) is 8.69. The molecular weight excluding hydrogens is 276 g/mol. The quantitative estimate of drug-likeness (QED) is 0.736. The maximum Gasteiger partial charge on any atom is 0.120 e. The number of nitriles is 1. The largest absolute Gasteiger partial charge is 0.491 e. The molecule has 3 unspecified atom stereocenters. The summed E-state index contributed by atoms with van der Waals surface area (Å²) in [5.74, 6) is 0.561. The van der Waals surface area contributed by atoms with Gasteiger partial charge in [0.1, 0.15) is 18.5 Å². The summed E-state index contributed by atoms with van der Waals surface area (Å²) in [6, 6.07) is 8.82. The van der Waals surface area contributed by atoms with Crippen LogP contribution in [0.25, 0.3) is 0 Å². The van der Waals surface area contributed by atoms with E-state index < -0.39 is 16.9 Å².